The summed E-state index contributed by atoms with van der Waals surface area (Å²) in [5, 5.41) is 14.7. The first-order chi connectivity index (χ1) is 13.7. The SMILES string of the molecule is CS(=O)(=O)Nc1ccc(C2=NN(C(=O)CCC(=O)O)[C@H](c3ccccc3)C2)cc1. The van der Waals surface area contributed by atoms with Crippen LogP contribution in [0.3, 0.4) is 0 Å². The molecule has 152 valence electrons. The van der Waals surface area contributed by atoms with Crippen molar-refractivity contribution in [2.24, 2.45) is 5.10 Å². The van der Waals surface area contributed by atoms with E-state index in [9.17, 15) is 18.0 Å². The number of hydrazone groups is 1. The van der Waals surface area contributed by atoms with E-state index in [1.165, 1.54) is 5.01 Å². The topological polar surface area (TPSA) is 116 Å². The number of nitrogens with zero attached hydrogens (tertiary/aromatic N) is 2. The Balaban J connectivity index is 1.86. The Bertz CT molecular complexity index is 1030. The van der Waals surface area contributed by atoms with Gasteiger partial charge in [-0.25, -0.2) is 13.4 Å². The van der Waals surface area contributed by atoms with Crippen LogP contribution in [0.4, 0.5) is 5.69 Å². The predicted molar refractivity (Wildman–Crippen MR) is 109 cm³/mol. The van der Waals surface area contributed by atoms with Crippen LogP contribution in [0.15, 0.2) is 59.7 Å². The number of rotatable bonds is 7. The predicted octanol–water partition coefficient (Wildman–Crippen LogP) is 2.60. The summed E-state index contributed by atoms with van der Waals surface area (Å²) in [5.74, 6) is -1.39. The van der Waals surface area contributed by atoms with E-state index in [0.29, 0.717) is 17.8 Å². The summed E-state index contributed by atoms with van der Waals surface area (Å²) in [6, 6.07) is 15.8. The number of hydrogen-bond donors (Lipinski definition) is 2. The molecule has 0 aromatic heterocycles. The Morgan fingerprint density at radius 3 is 2.34 bits per heavy atom. The van der Waals surface area contributed by atoms with Gasteiger partial charge in [-0.15, -0.1) is 0 Å². The minimum absolute atomic E-state index is 0.132. The van der Waals surface area contributed by atoms with Crippen LogP contribution in [-0.2, 0) is 19.6 Å². The molecule has 9 heteroatoms. The van der Waals surface area contributed by atoms with E-state index in [4.69, 9.17) is 5.11 Å². The van der Waals surface area contributed by atoms with Crippen molar-refractivity contribution >= 4 is 33.3 Å². The van der Waals surface area contributed by atoms with Gasteiger partial charge >= 0.3 is 5.97 Å². The summed E-state index contributed by atoms with van der Waals surface area (Å²) in [6.07, 6.45) is 1.16. The first-order valence-corrected chi connectivity index (χ1v) is 10.9. The molecule has 0 unspecified atom stereocenters. The van der Waals surface area contributed by atoms with E-state index < -0.39 is 16.0 Å². The standard InChI is InChI=1S/C20H21N3O5S/c1-29(27,28)22-16-9-7-14(8-10-16)17-13-18(15-5-3-2-4-6-15)23(21-17)19(24)11-12-20(25)26/h2-10,18,22H,11-13H2,1H3,(H,25,26)/t18-/m0/s1. The van der Waals surface area contributed by atoms with Crippen molar-refractivity contribution < 1.29 is 23.1 Å². The largest absolute Gasteiger partial charge is 0.481 e. The van der Waals surface area contributed by atoms with Gasteiger partial charge in [0.05, 0.1) is 24.4 Å². The monoisotopic (exact) mass is 415 g/mol. The smallest absolute Gasteiger partial charge is 0.303 e. The van der Waals surface area contributed by atoms with Crippen LogP contribution in [0, 0.1) is 0 Å². The second-order valence-corrected chi connectivity index (χ2v) is 8.51. The van der Waals surface area contributed by atoms with Crippen LogP contribution in [0.2, 0.25) is 0 Å². The molecule has 2 aromatic rings. The second-order valence-electron chi connectivity index (χ2n) is 6.76. The fourth-order valence-corrected chi connectivity index (χ4v) is 3.69. The lowest BCUT2D eigenvalue weighted by atomic mass is 9.98. The van der Waals surface area contributed by atoms with Gasteiger partial charge in [-0.05, 0) is 23.3 Å². The summed E-state index contributed by atoms with van der Waals surface area (Å²) in [4.78, 5) is 23.4. The van der Waals surface area contributed by atoms with Crippen molar-refractivity contribution in [2.75, 3.05) is 11.0 Å². The van der Waals surface area contributed by atoms with E-state index in [1.807, 2.05) is 30.3 Å². The van der Waals surface area contributed by atoms with Gasteiger partial charge in [-0.2, -0.15) is 5.10 Å². The van der Waals surface area contributed by atoms with Crippen LogP contribution in [-0.4, -0.2) is 42.4 Å². The molecule has 0 aliphatic carbocycles. The highest BCUT2D eigenvalue weighted by Crippen LogP contribution is 2.33. The molecule has 1 amide bonds. The Morgan fingerprint density at radius 1 is 1.10 bits per heavy atom. The first kappa shape index (κ1) is 20.5. The Morgan fingerprint density at radius 2 is 1.76 bits per heavy atom. The van der Waals surface area contributed by atoms with E-state index >= 15 is 0 Å². The third-order valence-corrected chi connectivity index (χ3v) is 5.03. The molecule has 2 N–H and O–H groups in total. The number of benzene rings is 2. The minimum atomic E-state index is -3.37. The number of carbonyl (C=O) groups excluding carboxylic acids is 1. The Labute approximate surface area is 168 Å². The van der Waals surface area contributed by atoms with Gasteiger partial charge in [0, 0.05) is 18.5 Å². The molecule has 29 heavy (non-hydrogen) atoms. The normalized spacial score (nSPS) is 16.4. The molecule has 0 bridgehead atoms. The molecule has 1 heterocycles. The summed E-state index contributed by atoms with van der Waals surface area (Å²) in [7, 11) is -3.37. The zero-order valence-corrected chi connectivity index (χ0v) is 16.6. The van der Waals surface area contributed by atoms with Gasteiger partial charge in [0.1, 0.15) is 0 Å². The number of sulfonamides is 1. The first-order valence-electron chi connectivity index (χ1n) is 8.97. The Hall–Kier alpha value is -3.20. The molecule has 0 saturated carbocycles. The molecule has 0 spiro atoms. The lowest BCUT2D eigenvalue weighted by molar-refractivity contribution is -0.141. The summed E-state index contributed by atoms with van der Waals surface area (Å²) in [6.45, 7) is 0. The maximum absolute atomic E-state index is 12.6. The molecule has 1 aliphatic heterocycles. The number of amides is 1. The average molecular weight is 415 g/mol. The molecular weight excluding hydrogens is 394 g/mol. The van der Waals surface area contributed by atoms with Crippen molar-refractivity contribution in [1.29, 1.82) is 0 Å². The second kappa shape index (κ2) is 8.44. The number of carbonyl (C=O) groups is 2. The fraction of sp³-hybridized carbons (Fsp3) is 0.250. The molecule has 1 atom stereocenters. The van der Waals surface area contributed by atoms with Crippen molar-refractivity contribution in [3.63, 3.8) is 0 Å². The highest BCUT2D eigenvalue weighted by atomic mass is 32.2. The van der Waals surface area contributed by atoms with Crippen LogP contribution in [0.25, 0.3) is 0 Å². The quantitative estimate of drug-likeness (QED) is 0.721. The molecule has 1 aliphatic rings. The number of carboxylic acid groups (broad SMARTS) is 1. The highest BCUT2D eigenvalue weighted by Gasteiger charge is 2.32. The molecule has 0 saturated heterocycles. The summed E-state index contributed by atoms with van der Waals surface area (Å²) in [5.41, 5.74) is 2.78. The highest BCUT2D eigenvalue weighted by molar-refractivity contribution is 7.92. The Kier molecular flexibility index (Phi) is 5.97. The van der Waals surface area contributed by atoms with Crippen molar-refractivity contribution in [2.45, 2.75) is 25.3 Å². The molecule has 2 aromatic carbocycles. The average Bonchev–Trinajstić information content (AvgIpc) is 3.11. The number of anilines is 1. The lowest BCUT2D eigenvalue weighted by Crippen LogP contribution is -2.27. The van der Waals surface area contributed by atoms with Gasteiger partial charge in [0.2, 0.25) is 15.9 Å². The zero-order valence-electron chi connectivity index (χ0n) is 15.8. The van der Waals surface area contributed by atoms with Gasteiger partial charge in [0.25, 0.3) is 0 Å². The number of hydrogen-bond acceptors (Lipinski definition) is 5. The van der Waals surface area contributed by atoms with Crippen LogP contribution >= 0.6 is 0 Å². The van der Waals surface area contributed by atoms with Crippen LogP contribution < -0.4 is 4.72 Å². The van der Waals surface area contributed by atoms with Gasteiger partial charge in [-0.3, -0.25) is 14.3 Å². The maximum Gasteiger partial charge on any atom is 0.303 e. The van der Waals surface area contributed by atoms with Crippen molar-refractivity contribution in [3.8, 4) is 0 Å². The van der Waals surface area contributed by atoms with Gasteiger partial charge in [-0.1, -0.05) is 42.5 Å². The van der Waals surface area contributed by atoms with Crippen molar-refractivity contribution in [1.82, 2.24) is 5.01 Å². The van der Waals surface area contributed by atoms with Crippen LogP contribution in [0.5, 0.6) is 0 Å². The van der Waals surface area contributed by atoms with Gasteiger partial charge < -0.3 is 5.11 Å². The van der Waals surface area contributed by atoms with E-state index in [2.05, 4.69) is 9.82 Å². The van der Waals surface area contributed by atoms with Crippen molar-refractivity contribution in [3.05, 3.63) is 65.7 Å². The number of nitrogens with one attached hydrogen (secondary N) is 1. The third-order valence-electron chi connectivity index (χ3n) is 4.42. The molecule has 0 fully saturated rings. The molecule has 3 rings (SSSR count). The number of carboxylic acids is 1. The van der Waals surface area contributed by atoms with Crippen LogP contribution in [0.1, 0.15) is 36.4 Å². The lowest BCUT2D eigenvalue weighted by Gasteiger charge is -2.21. The number of aliphatic carboxylic acids is 1. The fourth-order valence-electron chi connectivity index (χ4n) is 3.12. The minimum Gasteiger partial charge on any atom is -0.481 e. The van der Waals surface area contributed by atoms with E-state index in [0.717, 1.165) is 17.4 Å². The zero-order chi connectivity index (χ0) is 21.0. The maximum atomic E-state index is 12.6. The molecule has 0 radical (unpaired) electrons. The van der Waals surface area contributed by atoms with E-state index in [1.54, 1.807) is 24.3 Å². The van der Waals surface area contributed by atoms with E-state index in [-0.39, 0.29) is 24.8 Å². The summed E-state index contributed by atoms with van der Waals surface area (Å²) < 4.78 is 25.1. The molecular formula is C20H21N3O5S. The summed E-state index contributed by atoms with van der Waals surface area (Å²) >= 11 is 0. The van der Waals surface area contributed by atoms with Gasteiger partial charge in [0.15, 0.2) is 0 Å². The molecule has 8 nitrogen and oxygen atoms in total. The third kappa shape index (κ3) is 5.41.